The molecule has 118 valence electrons. The molecule has 0 aromatic carbocycles. The first kappa shape index (κ1) is 16.4. The van der Waals surface area contributed by atoms with Crippen LogP contribution in [0, 0.1) is 17.2 Å². The quantitative estimate of drug-likeness (QED) is 0.925. The monoisotopic (exact) mass is 322 g/mol. The highest BCUT2D eigenvalue weighted by molar-refractivity contribution is 6.31. The van der Waals surface area contributed by atoms with E-state index in [2.05, 4.69) is 16.4 Å². The predicted molar refractivity (Wildman–Crippen MR) is 83.6 cm³/mol. The highest BCUT2D eigenvalue weighted by Crippen LogP contribution is 2.27. The molecular weight excluding hydrogens is 304 g/mol. The second kappa shape index (κ2) is 6.41. The molecule has 1 aliphatic rings. The third-order valence-electron chi connectivity index (χ3n) is 3.13. The number of anilines is 1. The summed E-state index contributed by atoms with van der Waals surface area (Å²) in [5.41, 5.74) is 0.922. The summed E-state index contributed by atoms with van der Waals surface area (Å²) in [6.07, 6.45) is 1.19. The van der Waals surface area contributed by atoms with Crippen molar-refractivity contribution in [1.82, 2.24) is 10.3 Å². The largest absolute Gasteiger partial charge is 0.444 e. The number of pyridine rings is 1. The molecule has 1 saturated heterocycles. The van der Waals surface area contributed by atoms with Crippen molar-refractivity contribution in [1.29, 1.82) is 5.26 Å². The van der Waals surface area contributed by atoms with Crippen LogP contribution in [0.1, 0.15) is 26.5 Å². The summed E-state index contributed by atoms with van der Waals surface area (Å²) in [6, 6.07) is 4.02. The summed E-state index contributed by atoms with van der Waals surface area (Å²) >= 11 is 6.20. The van der Waals surface area contributed by atoms with Crippen LogP contribution in [-0.4, -0.2) is 29.8 Å². The Bertz CT molecular complexity index is 601. The number of nitriles is 1. The smallest absolute Gasteiger partial charge is 0.407 e. The van der Waals surface area contributed by atoms with Gasteiger partial charge in [0.1, 0.15) is 5.60 Å². The van der Waals surface area contributed by atoms with Gasteiger partial charge in [-0.15, -0.1) is 0 Å². The molecule has 1 fully saturated rings. The first-order chi connectivity index (χ1) is 10.3. The molecule has 1 aromatic rings. The Labute approximate surface area is 135 Å². The van der Waals surface area contributed by atoms with Gasteiger partial charge in [-0.3, -0.25) is 4.98 Å². The zero-order valence-electron chi connectivity index (χ0n) is 12.9. The number of carbonyl (C=O) groups is 1. The number of nitrogens with one attached hydrogen (secondary N) is 1. The summed E-state index contributed by atoms with van der Waals surface area (Å²) in [5, 5.41) is 11.9. The van der Waals surface area contributed by atoms with Crippen molar-refractivity contribution >= 4 is 23.4 Å². The molecule has 1 N–H and O–H groups in total. The van der Waals surface area contributed by atoms with Crippen molar-refractivity contribution in [2.24, 2.45) is 5.92 Å². The van der Waals surface area contributed by atoms with Crippen molar-refractivity contribution in [3.8, 4) is 6.07 Å². The number of nitrogens with zero attached hydrogens (tertiary/aromatic N) is 3. The van der Waals surface area contributed by atoms with E-state index in [1.165, 1.54) is 0 Å². The lowest BCUT2D eigenvalue weighted by Gasteiger charge is -2.37. The molecule has 0 atom stereocenters. The standard InChI is InChI=1S/C15H19ClN4O2/c1-15(2,3)22-14(21)19-7-13-12(16)4-11(6-18-13)20-8-10(5-17)9-20/h4,6,10H,7-9H2,1-3H3,(H,19,21). The molecule has 0 saturated carbocycles. The fourth-order valence-corrected chi connectivity index (χ4v) is 2.23. The van der Waals surface area contributed by atoms with Crippen LogP contribution >= 0.6 is 11.6 Å². The molecule has 0 aliphatic carbocycles. The molecule has 0 spiro atoms. The van der Waals surface area contributed by atoms with Crippen molar-refractivity contribution in [3.05, 3.63) is 23.0 Å². The molecule has 0 radical (unpaired) electrons. The number of ether oxygens (including phenoxy) is 1. The molecular formula is C15H19ClN4O2. The van der Waals surface area contributed by atoms with E-state index in [1.807, 2.05) is 4.90 Å². The van der Waals surface area contributed by atoms with E-state index in [0.717, 1.165) is 5.69 Å². The van der Waals surface area contributed by atoms with Gasteiger partial charge in [-0.25, -0.2) is 4.79 Å². The third-order valence-corrected chi connectivity index (χ3v) is 3.46. The summed E-state index contributed by atoms with van der Waals surface area (Å²) < 4.78 is 5.15. The maximum Gasteiger partial charge on any atom is 0.407 e. The van der Waals surface area contributed by atoms with Crippen LogP contribution in [0.2, 0.25) is 5.02 Å². The van der Waals surface area contributed by atoms with Crippen LogP contribution in [0.4, 0.5) is 10.5 Å². The molecule has 22 heavy (non-hydrogen) atoms. The number of alkyl carbamates (subject to hydrolysis) is 1. The van der Waals surface area contributed by atoms with Gasteiger partial charge in [-0.05, 0) is 26.8 Å². The van der Waals surface area contributed by atoms with Crippen LogP contribution in [-0.2, 0) is 11.3 Å². The van der Waals surface area contributed by atoms with E-state index >= 15 is 0 Å². The maximum atomic E-state index is 11.6. The Kier molecular flexibility index (Phi) is 4.77. The Hall–Kier alpha value is -2.00. The van der Waals surface area contributed by atoms with E-state index in [0.29, 0.717) is 23.8 Å². The lowest BCUT2D eigenvalue weighted by molar-refractivity contribution is 0.0523. The van der Waals surface area contributed by atoms with Gasteiger partial charge in [-0.2, -0.15) is 5.26 Å². The molecule has 0 unspecified atom stereocenters. The average Bonchev–Trinajstić information content (AvgIpc) is 2.34. The lowest BCUT2D eigenvalue weighted by Crippen LogP contribution is -2.46. The number of carbonyl (C=O) groups excluding carboxylic acids is 1. The van der Waals surface area contributed by atoms with E-state index in [9.17, 15) is 4.79 Å². The second-order valence-corrected chi connectivity index (χ2v) is 6.62. The maximum absolute atomic E-state index is 11.6. The minimum atomic E-state index is -0.542. The van der Waals surface area contributed by atoms with Crippen LogP contribution in [0.15, 0.2) is 12.3 Å². The molecule has 1 aliphatic heterocycles. The molecule has 1 aromatic heterocycles. The summed E-state index contributed by atoms with van der Waals surface area (Å²) in [5.74, 6) is 0.0762. The molecule has 2 rings (SSSR count). The number of rotatable bonds is 3. The number of aromatic nitrogens is 1. The van der Waals surface area contributed by atoms with Gasteiger partial charge in [0.2, 0.25) is 0 Å². The molecule has 7 heteroatoms. The van der Waals surface area contributed by atoms with Crippen LogP contribution in [0.3, 0.4) is 0 Å². The molecule has 2 heterocycles. The highest BCUT2D eigenvalue weighted by atomic mass is 35.5. The zero-order valence-corrected chi connectivity index (χ0v) is 13.6. The van der Waals surface area contributed by atoms with Gasteiger partial charge in [-0.1, -0.05) is 11.6 Å². The van der Waals surface area contributed by atoms with Crippen LogP contribution in [0.5, 0.6) is 0 Å². The molecule has 6 nitrogen and oxygen atoms in total. The third kappa shape index (κ3) is 4.25. The Morgan fingerprint density at radius 1 is 1.59 bits per heavy atom. The van der Waals surface area contributed by atoms with Gasteiger partial charge < -0.3 is 15.0 Å². The van der Waals surface area contributed by atoms with Gasteiger partial charge in [0.15, 0.2) is 0 Å². The second-order valence-electron chi connectivity index (χ2n) is 6.21. The van der Waals surface area contributed by atoms with Gasteiger partial charge in [0, 0.05) is 13.1 Å². The van der Waals surface area contributed by atoms with Gasteiger partial charge in [0.25, 0.3) is 0 Å². The van der Waals surface area contributed by atoms with Gasteiger partial charge in [0.05, 0.1) is 41.1 Å². The number of hydrogen-bond acceptors (Lipinski definition) is 5. The Morgan fingerprint density at radius 3 is 2.82 bits per heavy atom. The lowest BCUT2D eigenvalue weighted by atomic mass is 10.0. The van der Waals surface area contributed by atoms with Gasteiger partial charge >= 0.3 is 6.09 Å². The van der Waals surface area contributed by atoms with Crippen molar-refractivity contribution < 1.29 is 9.53 Å². The fourth-order valence-electron chi connectivity index (χ4n) is 2.00. The normalized spacial score (nSPS) is 15.0. The number of halogens is 1. The minimum absolute atomic E-state index is 0.0762. The Morgan fingerprint density at radius 2 is 2.27 bits per heavy atom. The number of hydrogen-bond donors (Lipinski definition) is 1. The summed E-state index contributed by atoms with van der Waals surface area (Å²) in [4.78, 5) is 17.9. The average molecular weight is 323 g/mol. The van der Waals surface area contributed by atoms with Crippen LogP contribution in [0.25, 0.3) is 0 Å². The van der Waals surface area contributed by atoms with Crippen LogP contribution < -0.4 is 10.2 Å². The highest BCUT2D eigenvalue weighted by Gasteiger charge is 2.27. The fraction of sp³-hybridized carbons (Fsp3) is 0.533. The Balaban J connectivity index is 1.91. The SMILES string of the molecule is CC(C)(C)OC(=O)NCc1ncc(N2CC(C#N)C2)cc1Cl. The van der Waals surface area contributed by atoms with Crippen molar-refractivity contribution in [3.63, 3.8) is 0 Å². The predicted octanol–water partition coefficient (Wildman–Crippen LogP) is 2.72. The molecule has 1 amide bonds. The minimum Gasteiger partial charge on any atom is -0.444 e. The van der Waals surface area contributed by atoms with E-state index in [1.54, 1.807) is 33.0 Å². The van der Waals surface area contributed by atoms with Crippen molar-refractivity contribution in [2.45, 2.75) is 32.9 Å². The first-order valence-electron chi connectivity index (χ1n) is 7.04. The van der Waals surface area contributed by atoms with E-state index in [-0.39, 0.29) is 12.5 Å². The molecule has 0 bridgehead atoms. The first-order valence-corrected chi connectivity index (χ1v) is 7.42. The summed E-state index contributed by atoms with van der Waals surface area (Å²) in [7, 11) is 0. The van der Waals surface area contributed by atoms with Crippen molar-refractivity contribution in [2.75, 3.05) is 18.0 Å². The van der Waals surface area contributed by atoms with E-state index < -0.39 is 11.7 Å². The number of amides is 1. The summed E-state index contributed by atoms with van der Waals surface area (Å²) in [6.45, 7) is 7.00. The zero-order chi connectivity index (χ0) is 16.3. The van der Waals surface area contributed by atoms with E-state index in [4.69, 9.17) is 21.6 Å². The topological polar surface area (TPSA) is 78.2 Å².